The van der Waals surface area contributed by atoms with Gasteiger partial charge in [0, 0.05) is 6.04 Å². The molecule has 92 valence electrons. The van der Waals surface area contributed by atoms with Gasteiger partial charge in [0.05, 0.1) is 11.7 Å². The fourth-order valence-corrected chi connectivity index (χ4v) is 2.67. The Morgan fingerprint density at radius 1 is 1.50 bits per heavy atom. The normalized spacial score (nSPS) is 35.9. The number of nitrogens with zero attached hydrogens (tertiary/aromatic N) is 1. The molecule has 16 heavy (non-hydrogen) atoms. The van der Waals surface area contributed by atoms with Crippen LogP contribution in [0.1, 0.15) is 53.4 Å². The average molecular weight is 224 g/mol. The fourth-order valence-electron chi connectivity index (χ4n) is 2.67. The van der Waals surface area contributed by atoms with Gasteiger partial charge >= 0.3 is 0 Å². The van der Waals surface area contributed by atoms with Crippen molar-refractivity contribution < 1.29 is 4.79 Å². The van der Waals surface area contributed by atoms with Crippen LogP contribution < -0.4 is 5.32 Å². The molecule has 0 radical (unpaired) electrons. The van der Waals surface area contributed by atoms with Crippen molar-refractivity contribution in [2.45, 2.75) is 71.1 Å². The lowest BCUT2D eigenvalue weighted by Crippen LogP contribution is -2.50. The molecule has 0 bridgehead atoms. The van der Waals surface area contributed by atoms with E-state index in [2.05, 4.69) is 31.0 Å². The molecule has 1 amide bonds. The lowest BCUT2D eigenvalue weighted by atomic mass is 9.89. The van der Waals surface area contributed by atoms with Crippen LogP contribution in [0.5, 0.6) is 0 Å². The van der Waals surface area contributed by atoms with Gasteiger partial charge in [-0.3, -0.25) is 10.1 Å². The van der Waals surface area contributed by atoms with Gasteiger partial charge in [0.15, 0.2) is 0 Å². The third-order valence-electron chi connectivity index (χ3n) is 4.28. The Hall–Kier alpha value is -0.570. The highest BCUT2D eigenvalue weighted by Gasteiger charge is 2.50. The first kappa shape index (κ1) is 11.9. The first-order chi connectivity index (χ1) is 7.49. The molecule has 1 aliphatic carbocycles. The summed E-state index contributed by atoms with van der Waals surface area (Å²) < 4.78 is 0. The second-order valence-electron chi connectivity index (χ2n) is 5.82. The Labute approximate surface area is 98.6 Å². The summed E-state index contributed by atoms with van der Waals surface area (Å²) in [6.07, 6.45) is 4.77. The molecule has 0 aromatic carbocycles. The quantitative estimate of drug-likeness (QED) is 0.796. The molecule has 0 spiro atoms. The minimum absolute atomic E-state index is 0.239. The van der Waals surface area contributed by atoms with E-state index in [1.54, 1.807) is 0 Å². The molecule has 2 unspecified atom stereocenters. The Morgan fingerprint density at radius 3 is 2.50 bits per heavy atom. The monoisotopic (exact) mass is 224 g/mol. The molecule has 1 aliphatic heterocycles. The minimum Gasteiger partial charge on any atom is -0.322 e. The van der Waals surface area contributed by atoms with Crippen LogP contribution in [0.15, 0.2) is 0 Å². The van der Waals surface area contributed by atoms with Crippen molar-refractivity contribution >= 4 is 5.91 Å². The van der Waals surface area contributed by atoms with Crippen LogP contribution in [0, 0.1) is 5.92 Å². The molecule has 3 heteroatoms. The van der Waals surface area contributed by atoms with Crippen LogP contribution in [-0.4, -0.2) is 28.6 Å². The predicted octanol–water partition coefficient (Wildman–Crippen LogP) is 2.12. The van der Waals surface area contributed by atoms with Crippen LogP contribution in [0.3, 0.4) is 0 Å². The van der Waals surface area contributed by atoms with Crippen LogP contribution >= 0.6 is 0 Å². The number of rotatable bonds is 3. The number of nitrogens with one attached hydrogen (secondary N) is 1. The van der Waals surface area contributed by atoms with Crippen molar-refractivity contribution in [2.24, 2.45) is 5.92 Å². The van der Waals surface area contributed by atoms with E-state index in [1.165, 1.54) is 19.3 Å². The Kier molecular flexibility index (Phi) is 2.99. The Morgan fingerprint density at radius 2 is 2.12 bits per heavy atom. The second-order valence-corrected chi connectivity index (χ2v) is 5.82. The number of carbonyl (C=O) groups excluding carboxylic acids is 1. The van der Waals surface area contributed by atoms with Gasteiger partial charge in [-0.1, -0.05) is 20.8 Å². The van der Waals surface area contributed by atoms with Gasteiger partial charge in [-0.05, 0) is 38.5 Å². The van der Waals surface area contributed by atoms with E-state index in [0.717, 1.165) is 6.42 Å². The van der Waals surface area contributed by atoms with E-state index >= 15 is 0 Å². The van der Waals surface area contributed by atoms with Gasteiger partial charge in [-0.15, -0.1) is 0 Å². The molecule has 1 saturated carbocycles. The first-order valence-electron chi connectivity index (χ1n) is 6.60. The van der Waals surface area contributed by atoms with Crippen molar-refractivity contribution in [1.29, 1.82) is 0 Å². The summed E-state index contributed by atoms with van der Waals surface area (Å²) in [4.78, 5) is 14.6. The molecule has 1 heterocycles. The highest BCUT2D eigenvalue weighted by molar-refractivity contribution is 5.88. The third kappa shape index (κ3) is 1.65. The highest BCUT2D eigenvalue weighted by Crippen LogP contribution is 2.35. The van der Waals surface area contributed by atoms with Crippen molar-refractivity contribution in [3.05, 3.63) is 0 Å². The van der Waals surface area contributed by atoms with Crippen molar-refractivity contribution in [3.63, 3.8) is 0 Å². The van der Waals surface area contributed by atoms with E-state index in [4.69, 9.17) is 0 Å². The van der Waals surface area contributed by atoms with Gasteiger partial charge in [0.2, 0.25) is 5.91 Å². The van der Waals surface area contributed by atoms with E-state index in [9.17, 15) is 4.79 Å². The van der Waals surface area contributed by atoms with E-state index in [0.29, 0.717) is 17.9 Å². The van der Waals surface area contributed by atoms with Gasteiger partial charge in [-0.25, -0.2) is 0 Å². The van der Waals surface area contributed by atoms with E-state index in [1.807, 2.05) is 6.92 Å². The molecular formula is C13H24N2O. The lowest BCUT2D eigenvalue weighted by molar-refractivity contribution is -0.137. The van der Waals surface area contributed by atoms with Crippen LogP contribution in [0.4, 0.5) is 0 Å². The maximum Gasteiger partial charge on any atom is 0.244 e. The molecular weight excluding hydrogens is 200 g/mol. The summed E-state index contributed by atoms with van der Waals surface area (Å²) in [5.74, 6) is 0.802. The van der Waals surface area contributed by atoms with Gasteiger partial charge in [0.25, 0.3) is 0 Å². The summed E-state index contributed by atoms with van der Waals surface area (Å²) in [6, 6.07) is 0.501. The van der Waals surface area contributed by atoms with E-state index < -0.39 is 0 Å². The standard InChI is InChI=1S/C13H24N2O/c1-5-13(4)12(16)15(10-7-6-8-10)11(14-13)9(2)3/h9-11,14H,5-8H2,1-4H3. The second kappa shape index (κ2) is 4.02. The number of hydrogen-bond donors (Lipinski definition) is 1. The number of carbonyl (C=O) groups is 1. The zero-order chi connectivity index (χ0) is 11.9. The molecule has 0 aromatic heterocycles. The zero-order valence-corrected chi connectivity index (χ0v) is 10.9. The van der Waals surface area contributed by atoms with Gasteiger partial charge in [-0.2, -0.15) is 0 Å². The molecule has 0 aromatic rings. The highest BCUT2D eigenvalue weighted by atomic mass is 16.2. The van der Waals surface area contributed by atoms with Gasteiger partial charge in [0.1, 0.15) is 0 Å². The molecule has 2 atom stereocenters. The number of hydrogen-bond acceptors (Lipinski definition) is 2. The molecule has 2 aliphatic rings. The van der Waals surface area contributed by atoms with Crippen molar-refractivity contribution in [2.75, 3.05) is 0 Å². The Balaban J connectivity index is 2.21. The summed E-state index contributed by atoms with van der Waals surface area (Å²) in [5, 5.41) is 3.54. The molecule has 1 N–H and O–H groups in total. The molecule has 3 nitrogen and oxygen atoms in total. The summed E-state index contributed by atoms with van der Waals surface area (Å²) in [7, 11) is 0. The molecule has 2 fully saturated rings. The number of amides is 1. The third-order valence-corrected chi connectivity index (χ3v) is 4.28. The molecule has 1 saturated heterocycles. The average Bonchev–Trinajstić information content (AvgIpc) is 2.42. The largest absolute Gasteiger partial charge is 0.322 e. The molecule has 2 rings (SSSR count). The van der Waals surface area contributed by atoms with Crippen LogP contribution in [0.2, 0.25) is 0 Å². The van der Waals surface area contributed by atoms with Gasteiger partial charge < -0.3 is 4.90 Å². The van der Waals surface area contributed by atoms with Crippen LogP contribution in [-0.2, 0) is 4.79 Å². The summed E-state index contributed by atoms with van der Waals surface area (Å²) in [6.45, 7) is 8.52. The SMILES string of the molecule is CCC1(C)NC(C(C)C)N(C2CCC2)C1=O. The topological polar surface area (TPSA) is 32.3 Å². The summed E-state index contributed by atoms with van der Waals surface area (Å²) >= 11 is 0. The van der Waals surface area contributed by atoms with E-state index in [-0.39, 0.29) is 11.7 Å². The zero-order valence-electron chi connectivity index (χ0n) is 10.9. The minimum atomic E-state index is -0.329. The first-order valence-corrected chi connectivity index (χ1v) is 6.60. The smallest absolute Gasteiger partial charge is 0.244 e. The predicted molar refractivity (Wildman–Crippen MR) is 64.9 cm³/mol. The Bertz CT molecular complexity index is 286. The maximum atomic E-state index is 12.5. The van der Waals surface area contributed by atoms with Crippen molar-refractivity contribution in [3.8, 4) is 0 Å². The maximum absolute atomic E-state index is 12.5. The van der Waals surface area contributed by atoms with Crippen molar-refractivity contribution in [1.82, 2.24) is 10.2 Å². The lowest BCUT2D eigenvalue weighted by Gasteiger charge is -2.39. The summed E-state index contributed by atoms with van der Waals surface area (Å²) in [5.41, 5.74) is -0.329. The fraction of sp³-hybridized carbons (Fsp3) is 0.923. The van der Waals surface area contributed by atoms with Crippen LogP contribution in [0.25, 0.3) is 0 Å².